The number of nitrogens with two attached hydrogens (primary N) is 1. The van der Waals surface area contributed by atoms with Gasteiger partial charge in [-0.15, -0.1) is 0 Å². The molecule has 0 bridgehead atoms. The zero-order valence-corrected chi connectivity index (χ0v) is 8.14. The van der Waals surface area contributed by atoms with Crippen LogP contribution in [0.5, 0.6) is 0 Å². The smallest absolute Gasteiger partial charge is 0.110 e. The number of rotatable bonds is 0. The third-order valence-electron chi connectivity index (χ3n) is 1.79. The lowest BCUT2D eigenvalue weighted by molar-refractivity contribution is 1.09. The predicted octanol–water partition coefficient (Wildman–Crippen LogP) is 2.22. The van der Waals surface area contributed by atoms with Crippen LogP contribution in [0.15, 0.2) is 16.7 Å². The zero-order chi connectivity index (χ0) is 8.72. The van der Waals surface area contributed by atoms with Gasteiger partial charge in [-0.05, 0) is 40.5 Å². The van der Waals surface area contributed by atoms with Gasteiger partial charge in [0.1, 0.15) is 4.60 Å². The van der Waals surface area contributed by atoms with Crippen molar-refractivity contribution in [1.29, 1.82) is 0 Å². The van der Waals surface area contributed by atoms with Crippen molar-refractivity contribution < 1.29 is 0 Å². The number of hydrogen-bond acceptors (Lipinski definition) is 2. The first kappa shape index (κ1) is 7.61. The molecule has 0 aliphatic rings. The van der Waals surface area contributed by atoms with Crippen molar-refractivity contribution in [1.82, 2.24) is 10.2 Å². The summed E-state index contributed by atoms with van der Waals surface area (Å²) in [6.07, 6.45) is 0. The highest BCUT2D eigenvalue weighted by molar-refractivity contribution is 9.10. The molecule has 0 saturated heterocycles. The van der Waals surface area contributed by atoms with Crippen molar-refractivity contribution in [2.24, 2.45) is 0 Å². The fourth-order valence-corrected chi connectivity index (χ4v) is 1.81. The van der Waals surface area contributed by atoms with Gasteiger partial charge >= 0.3 is 0 Å². The van der Waals surface area contributed by atoms with Crippen LogP contribution in [-0.2, 0) is 0 Å². The Kier molecular flexibility index (Phi) is 1.58. The van der Waals surface area contributed by atoms with Crippen LogP contribution in [0.25, 0.3) is 10.9 Å². The lowest BCUT2D eigenvalue weighted by Crippen LogP contribution is -1.86. The number of aromatic nitrogens is 2. The monoisotopic (exact) mass is 225 g/mol. The maximum absolute atomic E-state index is 5.81. The highest BCUT2D eigenvalue weighted by atomic mass is 79.9. The standard InChI is InChI=1S/C8H8BrN3/c1-4-2-5(10)7-6(3-4)11-12-8(7)9/h2-3H,10H2,1H3,(H,11,12). The SMILES string of the molecule is Cc1cc(N)c2c(Br)[nH]nc2c1. The molecule has 0 aliphatic carbocycles. The third kappa shape index (κ3) is 0.992. The Morgan fingerprint density at radius 2 is 2.25 bits per heavy atom. The van der Waals surface area contributed by atoms with Crippen LogP contribution in [0.2, 0.25) is 0 Å². The van der Waals surface area contributed by atoms with E-state index in [9.17, 15) is 0 Å². The molecule has 0 unspecified atom stereocenters. The molecule has 1 aromatic carbocycles. The van der Waals surface area contributed by atoms with Crippen LogP contribution in [0.4, 0.5) is 5.69 Å². The lowest BCUT2D eigenvalue weighted by atomic mass is 10.1. The van der Waals surface area contributed by atoms with E-state index < -0.39 is 0 Å². The second-order valence-electron chi connectivity index (χ2n) is 2.79. The average molecular weight is 226 g/mol. The van der Waals surface area contributed by atoms with Gasteiger partial charge in [-0.25, -0.2) is 0 Å². The van der Waals surface area contributed by atoms with Crippen molar-refractivity contribution >= 4 is 32.5 Å². The van der Waals surface area contributed by atoms with Crippen LogP contribution >= 0.6 is 15.9 Å². The van der Waals surface area contributed by atoms with E-state index in [0.717, 1.165) is 26.8 Å². The molecule has 0 aliphatic heterocycles. The van der Waals surface area contributed by atoms with Gasteiger partial charge in [-0.1, -0.05) is 0 Å². The summed E-state index contributed by atoms with van der Waals surface area (Å²) in [5.74, 6) is 0. The molecule has 4 heteroatoms. The maximum atomic E-state index is 5.81. The lowest BCUT2D eigenvalue weighted by Gasteiger charge is -1.97. The average Bonchev–Trinajstić information content (AvgIpc) is 2.31. The molecule has 2 rings (SSSR count). The summed E-state index contributed by atoms with van der Waals surface area (Å²) in [6.45, 7) is 2.00. The number of anilines is 1. The summed E-state index contributed by atoms with van der Waals surface area (Å²) in [4.78, 5) is 0. The Bertz CT molecular complexity index is 433. The van der Waals surface area contributed by atoms with E-state index in [-0.39, 0.29) is 0 Å². The molecule has 0 radical (unpaired) electrons. The molecule has 12 heavy (non-hydrogen) atoms. The van der Waals surface area contributed by atoms with Gasteiger partial charge in [0.05, 0.1) is 10.9 Å². The number of fused-ring (bicyclic) bond motifs is 1. The Morgan fingerprint density at radius 1 is 1.50 bits per heavy atom. The maximum Gasteiger partial charge on any atom is 0.110 e. The molecular weight excluding hydrogens is 218 g/mol. The summed E-state index contributed by atoms with van der Waals surface area (Å²) in [5.41, 5.74) is 8.59. The van der Waals surface area contributed by atoms with Gasteiger partial charge in [0.15, 0.2) is 0 Å². The molecule has 0 fully saturated rings. The first-order valence-corrected chi connectivity index (χ1v) is 4.37. The van der Waals surface area contributed by atoms with Crippen molar-refractivity contribution in [3.05, 3.63) is 22.3 Å². The summed E-state index contributed by atoms with van der Waals surface area (Å²) in [6, 6.07) is 3.93. The number of hydrogen-bond donors (Lipinski definition) is 2. The Morgan fingerprint density at radius 3 is 3.00 bits per heavy atom. The summed E-state index contributed by atoms with van der Waals surface area (Å²) < 4.78 is 0.843. The summed E-state index contributed by atoms with van der Waals surface area (Å²) in [7, 11) is 0. The summed E-state index contributed by atoms with van der Waals surface area (Å²) in [5, 5.41) is 7.88. The Hall–Kier alpha value is -1.03. The molecule has 0 atom stereocenters. The Balaban J connectivity index is 2.93. The van der Waals surface area contributed by atoms with E-state index in [1.807, 2.05) is 19.1 Å². The fourth-order valence-electron chi connectivity index (χ4n) is 1.29. The van der Waals surface area contributed by atoms with Gasteiger partial charge in [-0.2, -0.15) is 5.10 Å². The number of halogens is 1. The normalized spacial score (nSPS) is 10.8. The minimum Gasteiger partial charge on any atom is -0.398 e. The fraction of sp³-hybridized carbons (Fsp3) is 0.125. The van der Waals surface area contributed by atoms with Gasteiger partial charge in [-0.3, -0.25) is 5.10 Å². The van der Waals surface area contributed by atoms with Crippen LogP contribution in [-0.4, -0.2) is 10.2 Å². The number of benzene rings is 1. The van der Waals surface area contributed by atoms with E-state index in [4.69, 9.17) is 5.73 Å². The van der Waals surface area contributed by atoms with Gasteiger partial charge < -0.3 is 5.73 Å². The number of nitrogen functional groups attached to an aromatic ring is 1. The summed E-state index contributed by atoms with van der Waals surface area (Å²) >= 11 is 3.34. The molecule has 3 N–H and O–H groups in total. The highest BCUT2D eigenvalue weighted by Gasteiger charge is 2.05. The number of aromatic amines is 1. The molecule has 1 heterocycles. The van der Waals surface area contributed by atoms with E-state index in [1.54, 1.807) is 0 Å². The van der Waals surface area contributed by atoms with Crippen LogP contribution in [0.1, 0.15) is 5.56 Å². The molecule has 2 aromatic rings. The topological polar surface area (TPSA) is 54.7 Å². The number of H-pyrrole nitrogens is 1. The molecule has 0 amide bonds. The van der Waals surface area contributed by atoms with Crippen LogP contribution in [0.3, 0.4) is 0 Å². The first-order chi connectivity index (χ1) is 5.68. The molecular formula is C8H8BrN3. The van der Waals surface area contributed by atoms with Crippen molar-refractivity contribution in [2.45, 2.75) is 6.92 Å². The van der Waals surface area contributed by atoms with Crippen LogP contribution < -0.4 is 5.73 Å². The Labute approximate surface area is 78.1 Å². The third-order valence-corrected chi connectivity index (χ3v) is 2.36. The minimum absolute atomic E-state index is 0.755. The second-order valence-corrected chi connectivity index (χ2v) is 3.58. The number of aryl methyl sites for hydroxylation is 1. The second kappa shape index (κ2) is 2.48. The molecule has 1 aromatic heterocycles. The molecule has 3 nitrogen and oxygen atoms in total. The van der Waals surface area contributed by atoms with E-state index >= 15 is 0 Å². The number of nitrogens with one attached hydrogen (secondary N) is 1. The van der Waals surface area contributed by atoms with Gasteiger partial charge in [0.2, 0.25) is 0 Å². The van der Waals surface area contributed by atoms with Crippen molar-refractivity contribution in [3.63, 3.8) is 0 Å². The van der Waals surface area contributed by atoms with Gasteiger partial charge in [0.25, 0.3) is 0 Å². The van der Waals surface area contributed by atoms with Gasteiger partial charge in [0, 0.05) is 5.69 Å². The van der Waals surface area contributed by atoms with Crippen molar-refractivity contribution in [3.8, 4) is 0 Å². The zero-order valence-electron chi connectivity index (χ0n) is 6.56. The predicted molar refractivity (Wildman–Crippen MR) is 52.9 cm³/mol. The number of nitrogens with zero attached hydrogens (tertiary/aromatic N) is 1. The molecule has 0 saturated carbocycles. The van der Waals surface area contributed by atoms with E-state index in [1.165, 1.54) is 0 Å². The van der Waals surface area contributed by atoms with Crippen LogP contribution in [0, 0.1) is 6.92 Å². The highest BCUT2D eigenvalue weighted by Crippen LogP contribution is 2.27. The molecule has 0 spiro atoms. The first-order valence-electron chi connectivity index (χ1n) is 3.58. The molecule has 62 valence electrons. The van der Waals surface area contributed by atoms with E-state index in [2.05, 4.69) is 26.1 Å². The quantitative estimate of drug-likeness (QED) is 0.676. The minimum atomic E-state index is 0.755. The van der Waals surface area contributed by atoms with E-state index in [0.29, 0.717) is 0 Å². The van der Waals surface area contributed by atoms with Crippen molar-refractivity contribution in [2.75, 3.05) is 5.73 Å². The largest absolute Gasteiger partial charge is 0.398 e.